The lowest BCUT2D eigenvalue weighted by Gasteiger charge is -2.15. The van der Waals surface area contributed by atoms with Gasteiger partial charge in [0.2, 0.25) is 0 Å². The minimum absolute atomic E-state index is 0.155. The third-order valence-corrected chi connectivity index (χ3v) is 1.98. The van der Waals surface area contributed by atoms with Crippen LogP contribution in [-0.2, 0) is 9.47 Å². The van der Waals surface area contributed by atoms with Gasteiger partial charge in [-0.25, -0.2) is 0 Å². The van der Waals surface area contributed by atoms with Crippen molar-refractivity contribution in [3.8, 4) is 11.8 Å². The van der Waals surface area contributed by atoms with E-state index in [1.807, 2.05) is 13.0 Å². The van der Waals surface area contributed by atoms with Gasteiger partial charge in [0.25, 0.3) is 0 Å². The van der Waals surface area contributed by atoms with Crippen LogP contribution in [0, 0.1) is 11.8 Å². The van der Waals surface area contributed by atoms with Gasteiger partial charge >= 0.3 is 0 Å². The van der Waals surface area contributed by atoms with E-state index in [2.05, 4.69) is 18.8 Å². The smallest absolute Gasteiger partial charge is 0.147 e. The minimum atomic E-state index is -0.789. The lowest BCUT2D eigenvalue weighted by molar-refractivity contribution is -0.0815. The Labute approximate surface area is 98.4 Å². The van der Waals surface area contributed by atoms with Crippen LogP contribution in [0.15, 0.2) is 12.2 Å². The van der Waals surface area contributed by atoms with Crippen molar-refractivity contribution in [1.29, 1.82) is 0 Å². The number of hydrogen-bond donors (Lipinski definition) is 1. The van der Waals surface area contributed by atoms with Crippen LogP contribution in [0.25, 0.3) is 0 Å². The van der Waals surface area contributed by atoms with E-state index in [9.17, 15) is 5.11 Å². The van der Waals surface area contributed by atoms with E-state index in [0.29, 0.717) is 0 Å². The van der Waals surface area contributed by atoms with Crippen molar-refractivity contribution in [1.82, 2.24) is 0 Å². The maximum atomic E-state index is 9.76. The fourth-order valence-corrected chi connectivity index (χ4v) is 1.11. The number of aliphatic hydroxyl groups is 1. The van der Waals surface area contributed by atoms with E-state index in [1.54, 1.807) is 13.2 Å². The van der Waals surface area contributed by atoms with Crippen LogP contribution in [0.1, 0.15) is 33.1 Å². The second-order valence-corrected chi connectivity index (χ2v) is 3.43. The molecule has 0 saturated carbocycles. The summed E-state index contributed by atoms with van der Waals surface area (Å²) in [5.74, 6) is 5.73. The first kappa shape index (κ1) is 15.2. The van der Waals surface area contributed by atoms with Gasteiger partial charge in [0.15, 0.2) is 0 Å². The Morgan fingerprint density at radius 2 is 2.19 bits per heavy atom. The highest BCUT2D eigenvalue weighted by Gasteiger charge is 2.13. The van der Waals surface area contributed by atoms with Crippen LogP contribution in [0.4, 0.5) is 0 Å². The molecule has 0 fully saturated rings. The van der Waals surface area contributed by atoms with Crippen molar-refractivity contribution in [2.75, 3.05) is 13.9 Å². The molecule has 92 valence electrons. The van der Waals surface area contributed by atoms with Gasteiger partial charge in [-0.3, -0.25) is 0 Å². The van der Waals surface area contributed by atoms with Crippen molar-refractivity contribution < 1.29 is 14.6 Å². The van der Waals surface area contributed by atoms with E-state index < -0.39 is 12.2 Å². The normalized spacial score (nSPS) is 14.5. The molecule has 3 nitrogen and oxygen atoms in total. The molecule has 0 spiro atoms. The summed E-state index contributed by atoms with van der Waals surface area (Å²) in [6.07, 6.45) is 5.40. The monoisotopic (exact) mass is 226 g/mol. The molecule has 1 N–H and O–H groups in total. The molecular formula is C13H22O3. The third-order valence-electron chi connectivity index (χ3n) is 1.98. The standard InChI is InChI=1S/C13H22O3/c1-4-6-7-8-10-12(14)13(9-5-2)16-11-15-3/h5,9,12-14H,4,6-7,11H2,1-3H3/b9-5+/t12-,13-/m1/s1. The first-order chi connectivity index (χ1) is 7.76. The van der Waals surface area contributed by atoms with Crippen molar-refractivity contribution in [2.24, 2.45) is 0 Å². The highest BCUT2D eigenvalue weighted by molar-refractivity contribution is 5.10. The summed E-state index contributed by atoms with van der Waals surface area (Å²) in [5.41, 5.74) is 0. The Morgan fingerprint density at radius 3 is 2.75 bits per heavy atom. The first-order valence-corrected chi connectivity index (χ1v) is 5.66. The largest absolute Gasteiger partial charge is 0.377 e. The number of rotatable bonds is 7. The number of aliphatic hydroxyl groups excluding tert-OH is 1. The topological polar surface area (TPSA) is 38.7 Å². The van der Waals surface area contributed by atoms with Gasteiger partial charge in [-0.1, -0.05) is 31.4 Å². The molecule has 0 aliphatic carbocycles. The fourth-order valence-electron chi connectivity index (χ4n) is 1.11. The number of hydrogen-bond acceptors (Lipinski definition) is 3. The molecule has 2 atom stereocenters. The summed E-state index contributed by atoms with van der Waals surface area (Å²) in [6, 6.07) is 0. The van der Waals surface area contributed by atoms with E-state index in [0.717, 1.165) is 19.3 Å². The van der Waals surface area contributed by atoms with Crippen LogP contribution in [-0.4, -0.2) is 31.2 Å². The van der Waals surface area contributed by atoms with Crippen LogP contribution >= 0.6 is 0 Å². The Morgan fingerprint density at radius 1 is 1.44 bits per heavy atom. The maximum absolute atomic E-state index is 9.76. The Balaban J connectivity index is 4.12. The Bertz CT molecular complexity index is 237. The molecule has 0 aromatic carbocycles. The number of ether oxygens (including phenoxy) is 2. The van der Waals surface area contributed by atoms with E-state index >= 15 is 0 Å². The number of methoxy groups -OCH3 is 1. The Hall–Kier alpha value is -0.820. The van der Waals surface area contributed by atoms with Gasteiger partial charge in [-0.05, 0) is 13.3 Å². The zero-order valence-electron chi connectivity index (χ0n) is 10.4. The maximum Gasteiger partial charge on any atom is 0.147 e. The van der Waals surface area contributed by atoms with Crippen molar-refractivity contribution in [2.45, 2.75) is 45.3 Å². The van der Waals surface area contributed by atoms with E-state index in [1.165, 1.54) is 0 Å². The second kappa shape index (κ2) is 10.7. The predicted octanol–water partition coefficient (Wildman–Crippen LogP) is 2.11. The van der Waals surface area contributed by atoms with E-state index in [-0.39, 0.29) is 6.79 Å². The second-order valence-electron chi connectivity index (χ2n) is 3.43. The lowest BCUT2D eigenvalue weighted by atomic mass is 10.2. The molecule has 0 amide bonds. The van der Waals surface area contributed by atoms with Crippen molar-refractivity contribution in [3.05, 3.63) is 12.2 Å². The first-order valence-electron chi connectivity index (χ1n) is 5.66. The zero-order valence-corrected chi connectivity index (χ0v) is 10.4. The highest BCUT2D eigenvalue weighted by Crippen LogP contribution is 2.02. The number of allylic oxidation sites excluding steroid dienone is 1. The van der Waals surface area contributed by atoms with Gasteiger partial charge in [0.05, 0.1) is 0 Å². The molecule has 0 bridgehead atoms. The molecule has 0 rings (SSSR count). The lowest BCUT2D eigenvalue weighted by Crippen LogP contribution is -2.26. The van der Waals surface area contributed by atoms with Gasteiger partial charge in [-0.2, -0.15) is 0 Å². The average Bonchev–Trinajstić information content (AvgIpc) is 2.29. The SMILES string of the molecule is C/C=C/[C@@H](OCOC)[C@H](O)C#CCCCC. The third kappa shape index (κ3) is 7.47. The van der Waals surface area contributed by atoms with Gasteiger partial charge in [0.1, 0.15) is 19.0 Å². The summed E-state index contributed by atoms with van der Waals surface area (Å²) in [6.45, 7) is 4.14. The summed E-state index contributed by atoms with van der Waals surface area (Å²) in [4.78, 5) is 0. The fraction of sp³-hybridized carbons (Fsp3) is 0.692. The van der Waals surface area contributed by atoms with Crippen molar-refractivity contribution >= 4 is 0 Å². The van der Waals surface area contributed by atoms with Gasteiger partial charge < -0.3 is 14.6 Å². The van der Waals surface area contributed by atoms with Gasteiger partial charge in [-0.15, -0.1) is 5.92 Å². The quantitative estimate of drug-likeness (QED) is 0.313. The van der Waals surface area contributed by atoms with Gasteiger partial charge in [0, 0.05) is 13.5 Å². The molecule has 0 aliphatic rings. The molecular weight excluding hydrogens is 204 g/mol. The van der Waals surface area contributed by atoms with Crippen LogP contribution in [0.3, 0.4) is 0 Å². The zero-order chi connectivity index (χ0) is 12.2. The average molecular weight is 226 g/mol. The molecule has 0 heterocycles. The summed E-state index contributed by atoms with van der Waals surface area (Å²) in [5, 5.41) is 9.76. The van der Waals surface area contributed by atoms with E-state index in [4.69, 9.17) is 9.47 Å². The molecule has 3 heteroatoms. The van der Waals surface area contributed by atoms with Crippen LogP contribution in [0.2, 0.25) is 0 Å². The summed E-state index contributed by atoms with van der Waals surface area (Å²) >= 11 is 0. The molecule has 0 aliphatic heterocycles. The Kier molecular flexibility index (Phi) is 10.1. The molecule has 0 unspecified atom stereocenters. The molecule has 0 aromatic heterocycles. The molecule has 0 aromatic rings. The van der Waals surface area contributed by atoms with Crippen LogP contribution < -0.4 is 0 Å². The predicted molar refractivity (Wildman–Crippen MR) is 64.9 cm³/mol. The highest BCUT2D eigenvalue weighted by atomic mass is 16.7. The molecule has 16 heavy (non-hydrogen) atoms. The number of unbranched alkanes of at least 4 members (excludes halogenated alkanes) is 2. The van der Waals surface area contributed by atoms with Crippen molar-refractivity contribution in [3.63, 3.8) is 0 Å². The minimum Gasteiger partial charge on any atom is -0.377 e. The summed E-state index contributed by atoms with van der Waals surface area (Å²) in [7, 11) is 1.55. The van der Waals surface area contributed by atoms with Crippen LogP contribution in [0.5, 0.6) is 0 Å². The molecule has 0 radical (unpaired) electrons. The summed E-state index contributed by atoms with van der Waals surface area (Å²) < 4.78 is 10.1. The molecule has 0 saturated heterocycles.